The lowest BCUT2D eigenvalue weighted by Crippen LogP contribution is -2.40. The molecule has 7 nitrogen and oxygen atoms in total. The molecule has 0 N–H and O–H groups in total. The van der Waals surface area contributed by atoms with Crippen LogP contribution in [0.1, 0.15) is 32.8 Å². The third kappa shape index (κ3) is 3.25. The van der Waals surface area contributed by atoms with E-state index in [4.69, 9.17) is 16.6 Å². The Bertz CT molecular complexity index is 1240. The second-order valence-corrected chi connectivity index (χ2v) is 9.18. The Balaban J connectivity index is 1.97. The van der Waals surface area contributed by atoms with Crippen molar-refractivity contribution in [3.05, 3.63) is 49.6 Å². The summed E-state index contributed by atoms with van der Waals surface area (Å²) in [6.45, 7) is 10.2. The summed E-state index contributed by atoms with van der Waals surface area (Å²) in [5, 5.41) is 0.692. The zero-order chi connectivity index (χ0) is 21.7. The predicted octanol–water partition coefficient (Wildman–Crippen LogP) is 3.69. The fraction of sp³-hybridized carbons (Fsp3) is 0.500. The Morgan fingerprint density at radius 2 is 1.97 bits per heavy atom. The maximum Gasteiger partial charge on any atom is 0.332 e. The van der Waals surface area contributed by atoms with E-state index < -0.39 is 0 Å². The van der Waals surface area contributed by atoms with Crippen LogP contribution in [0, 0.1) is 18.8 Å². The number of imidazole rings is 1. The molecule has 0 spiro atoms. The van der Waals surface area contributed by atoms with Gasteiger partial charge in [-0.25, -0.2) is 4.79 Å². The van der Waals surface area contributed by atoms with Crippen LogP contribution in [0.25, 0.3) is 11.2 Å². The van der Waals surface area contributed by atoms with Crippen LogP contribution in [0.2, 0.25) is 5.02 Å². The Morgan fingerprint density at radius 1 is 1.23 bits per heavy atom. The summed E-state index contributed by atoms with van der Waals surface area (Å²) in [4.78, 5) is 33.1. The zero-order valence-electron chi connectivity index (χ0n) is 18.1. The van der Waals surface area contributed by atoms with Crippen LogP contribution in [0.15, 0.2) is 27.8 Å². The molecular weight excluding hydrogens is 402 g/mol. The Labute approximate surface area is 180 Å². The van der Waals surface area contributed by atoms with Gasteiger partial charge in [-0.15, -0.1) is 0 Å². The lowest BCUT2D eigenvalue weighted by atomic mass is 10.1. The molecule has 1 aliphatic rings. The minimum absolute atomic E-state index is 0.260. The van der Waals surface area contributed by atoms with Gasteiger partial charge in [-0.05, 0) is 42.9 Å². The third-order valence-electron chi connectivity index (χ3n) is 5.90. The van der Waals surface area contributed by atoms with Gasteiger partial charge < -0.3 is 9.47 Å². The van der Waals surface area contributed by atoms with Crippen molar-refractivity contribution in [3.63, 3.8) is 0 Å². The molecule has 0 aliphatic carbocycles. The maximum atomic E-state index is 13.4. The molecule has 160 valence electrons. The van der Waals surface area contributed by atoms with Gasteiger partial charge in [-0.3, -0.25) is 13.9 Å². The largest absolute Gasteiger partial charge is 0.332 e. The zero-order valence-corrected chi connectivity index (χ0v) is 18.9. The topological polar surface area (TPSA) is 65.1 Å². The van der Waals surface area contributed by atoms with Crippen LogP contribution >= 0.6 is 11.6 Å². The molecule has 1 aliphatic heterocycles. The average Bonchev–Trinajstić information content (AvgIpc) is 3.07. The minimum atomic E-state index is -0.317. The van der Waals surface area contributed by atoms with E-state index in [9.17, 15) is 9.59 Å². The van der Waals surface area contributed by atoms with Crippen molar-refractivity contribution in [2.24, 2.45) is 18.9 Å². The minimum Gasteiger partial charge on any atom is -0.311 e. The number of anilines is 2. The van der Waals surface area contributed by atoms with Gasteiger partial charge in [0.1, 0.15) is 0 Å². The van der Waals surface area contributed by atoms with Crippen molar-refractivity contribution in [2.45, 2.75) is 47.2 Å². The van der Waals surface area contributed by atoms with Crippen molar-refractivity contribution >= 4 is 34.4 Å². The molecule has 0 radical (unpaired) electrons. The van der Waals surface area contributed by atoms with E-state index in [1.807, 2.05) is 29.7 Å². The number of halogens is 1. The summed E-state index contributed by atoms with van der Waals surface area (Å²) in [5.74, 6) is 1.38. The van der Waals surface area contributed by atoms with Gasteiger partial charge in [0.25, 0.3) is 5.56 Å². The molecule has 0 unspecified atom stereocenters. The molecule has 0 fully saturated rings. The number of aryl methyl sites for hydroxylation is 1. The van der Waals surface area contributed by atoms with Gasteiger partial charge in [0.2, 0.25) is 5.95 Å². The van der Waals surface area contributed by atoms with Gasteiger partial charge in [-0.2, -0.15) is 4.98 Å². The van der Waals surface area contributed by atoms with Gasteiger partial charge in [0.15, 0.2) is 11.2 Å². The molecule has 3 heterocycles. The molecule has 4 rings (SSSR count). The van der Waals surface area contributed by atoms with Crippen molar-refractivity contribution in [2.75, 3.05) is 11.4 Å². The van der Waals surface area contributed by atoms with E-state index in [1.165, 1.54) is 9.13 Å². The molecule has 0 saturated heterocycles. The predicted molar refractivity (Wildman–Crippen MR) is 121 cm³/mol. The standard InChI is InChI=1S/C22H28ClN5O2/c1-13(2)9-10-26-20(29)18-19(25(5)22(26)30)24-21-27(11-14(3)12-28(18)21)17-8-6-7-16(23)15(17)4/h6-8,13-14H,9-12H2,1-5H3/t14-/m1/s1. The van der Waals surface area contributed by atoms with Gasteiger partial charge in [0.05, 0.1) is 0 Å². The number of benzene rings is 1. The van der Waals surface area contributed by atoms with E-state index >= 15 is 0 Å². The summed E-state index contributed by atoms with van der Waals surface area (Å²) in [5.41, 5.74) is 2.28. The SMILES string of the molecule is Cc1c(Cl)cccc1N1C[C@@H](C)Cn2c1nc1c2c(=O)n(CCC(C)C)c(=O)n1C. The molecule has 8 heteroatoms. The normalized spacial score (nSPS) is 16.5. The van der Waals surface area contributed by atoms with Crippen LogP contribution in [0.5, 0.6) is 0 Å². The number of rotatable bonds is 4. The Hall–Kier alpha value is -2.54. The molecule has 3 aromatic rings. The van der Waals surface area contributed by atoms with Crippen molar-refractivity contribution in [1.29, 1.82) is 0 Å². The van der Waals surface area contributed by atoms with Crippen LogP contribution in [0.4, 0.5) is 11.6 Å². The number of hydrogen-bond acceptors (Lipinski definition) is 4. The highest BCUT2D eigenvalue weighted by molar-refractivity contribution is 6.31. The summed E-state index contributed by atoms with van der Waals surface area (Å²) >= 11 is 6.37. The second kappa shape index (κ2) is 7.61. The second-order valence-electron chi connectivity index (χ2n) is 8.78. The molecule has 1 aromatic carbocycles. The molecule has 1 atom stereocenters. The molecular formula is C22H28ClN5O2. The van der Waals surface area contributed by atoms with E-state index in [2.05, 4.69) is 25.7 Å². The first-order chi connectivity index (χ1) is 14.2. The van der Waals surface area contributed by atoms with E-state index in [0.29, 0.717) is 47.1 Å². The first kappa shape index (κ1) is 20.7. The van der Waals surface area contributed by atoms with E-state index in [1.54, 1.807) is 7.05 Å². The van der Waals surface area contributed by atoms with Crippen LogP contribution in [-0.2, 0) is 20.1 Å². The first-order valence-corrected chi connectivity index (χ1v) is 10.8. The van der Waals surface area contributed by atoms with Gasteiger partial charge >= 0.3 is 5.69 Å². The van der Waals surface area contributed by atoms with Gasteiger partial charge in [-0.1, -0.05) is 38.4 Å². The lowest BCUT2D eigenvalue weighted by Gasteiger charge is -2.34. The lowest BCUT2D eigenvalue weighted by molar-refractivity contribution is 0.455. The summed E-state index contributed by atoms with van der Waals surface area (Å²) in [6, 6.07) is 5.81. The third-order valence-corrected chi connectivity index (χ3v) is 6.31. The van der Waals surface area contributed by atoms with Crippen molar-refractivity contribution < 1.29 is 0 Å². The smallest absolute Gasteiger partial charge is 0.311 e. The number of fused-ring (bicyclic) bond motifs is 3. The highest BCUT2D eigenvalue weighted by atomic mass is 35.5. The fourth-order valence-corrected chi connectivity index (χ4v) is 4.35. The monoisotopic (exact) mass is 429 g/mol. The first-order valence-electron chi connectivity index (χ1n) is 10.4. The summed E-state index contributed by atoms with van der Waals surface area (Å²) in [7, 11) is 1.69. The summed E-state index contributed by atoms with van der Waals surface area (Å²) in [6.07, 6.45) is 0.770. The quantitative estimate of drug-likeness (QED) is 0.634. The van der Waals surface area contributed by atoms with Crippen LogP contribution < -0.4 is 16.1 Å². The van der Waals surface area contributed by atoms with Crippen molar-refractivity contribution in [1.82, 2.24) is 18.7 Å². The maximum absolute atomic E-state index is 13.4. The van der Waals surface area contributed by atoms with Gasteiger partial charge in [0, 0.05) is 37.4 Å². The highest BCUT2D eigenvalue weighted by Gasteiger charge is 2.30. The molecule has 2 aromatic heterocycles. The number of hydrogen-bond donors (Lipinski definition) is 0. The molecule has 30 heavy (non-hydrogen) atoms. The highest BCUT2D eigenvalue weighted by Crippen LogP contribution is 2.36. The Morgan fingerprint density at radius 3 is 2.67 bits per heavy atom. The molecule has 0 amide bonds. The van der Waals surface area contributed by atoms with Crippen molar-refractivity contribution in [3.8, 4) is 0 Å². The van der Waals surface area contributed by atoms with Crippen LogP contribution in [0.3, 0.4) is 0 Å². The molecule has 0 bridgehead atoms. The average molecular weight is 430 g/mol. The van der Waals surface area contributed by atoms with E-state index in [-0.39, 0.29) is 11.2 Å². The number of aromatic nitrogens is 4. The van der Waals surface area contributed by atoms with E-state index in [0.717, 1.165) is 24.2 Å². The fourth-order valence-electron chi connectivity index (χ4n) is 4.18. The summed E-state index contributed by atoms with van der Waals surface area (Å²) < 4.78 is 4.82. The van der Waals surface area contributed by atoms with Crippen LogP contribution in [-0.4, -0.2) is 25.2 Å². The molecule has 0 saturated carbocycles. The Kier molecular flexibility index (Phi) is 5.26. The number of nitrogens with zero attached hydrogens (tertiary/aromatic N) is 5.